The molecule has 0 saturated carbocycles. The van der Waals surface area contributed by atoms with Crippen LogP contribution in [0.4, 0.5) is 5.69 Å². The van der Waals surface area contributed by atoms with Crippen LogP contribution < -0.4 is 16.2 Å². The van der Waals surface area contributed by atoms with Crippen LogP contribution in [0.1, 0.15) is 28.3 Å². The first-order chi connectivity index (χ1) is 9.02. The van der Waals surface area contributed by atoms with Gasteiger partial charge in [-0.1, -0.05) is 29.8 Å². The van der Waals surface area contributed by atoms with Gasteiger partial charge in [0.25, 0.3) is 0 Å². The molecule has 2 aromatic carbocycles. The zero-order valence-corrected chi connectivity index (χ0v) is 11.6. The number of methoxy groups -OCH3 is 1. The predicted octanol–water partition coefficient (Wildman–Crippen LogP) is 2.94. The number of nitrogen functional groups attached to an aromatic ring is 1. The summed E-state index contributed by atoms with van der Waals surface area (Å²) in [6.07, 6.45) is 0. The summed E-state index contributed by atoms with van der Waals surface area (Å²) in [5.74, 6) is 0.848. The monoisotopic (exact) mass is 256 g/mol. The van der Waals surface area contributed by atoms with E-state index in [0.717, 1.165) is 28.1 Å². The molecule has 0 spiro atoms. The third-order valence-corrected chi connectivity index (χ3v) is 3.26. The minimum absolute atomic E-state index is 0.239. The van der Waals surface area contributed by atoms with E-state index in [9.17, 15) is 0 Å². The van der Waals surface area contributed by atoms with Gasteiger partial charge in [0.15, 0.2) is 0 Å². The number of ether oxygens (including phenoxy) is 1. The molecule has 0 aromatic heterocycles. The van der Waals surface area contributed by atoms with Crippen LogP contribution in [0.3, 0.4) is 0 Å². The summed E-state index contributed by atoms with van der Waals surface area (Å²) in [5.41, 5.74) is 17.1. The normalized spacial score (nSPS) is 12.2. The van der Waals surface area contributed by atoms with Crippen molar-refractivity contribution in [1.82, 2.24) is 0 Å². The summed E-state index contributed by atoms with van der Waals surface area (Å²) in [6.45, 7) is 4.09. The second-order valence-electron chi connectivity index (χ2n) is 4.85. The largest absolute Gasteiger partial charge is 0.496 e. The summed E-state index contributed by atoms with van der Waals surface area (Å²) in [6, 6.07) is 11.6. The van der Waals surface area contributed by atoms with E-state index in [1.165, 1.54) is 5.56 Å². The van der Waals surface area contributed by atoms with Gasteiger partial charge in [0.05, 0.1) is 13.2 Å². The summed E-state index contributed by atoms with van der Waals surface area (Å²) in [4.78, 5) is 0. The van der Waals surface area contributed by atoms with Crippen molar-refractivity contribution in [2.45, 2.75) is 19.9 Å². The van der Waals surface area contributed by atoms with Crippen molar-refractivity contribution < 1.29 is 4.74 Å². The first kappa shape index (κ1) is 13.4. The van der Waals surface area contributed by atoms with Gasteiger partial charge in [-0.3, -0.25) is 0 Å². The van der Waals surface area contributed by atoms with Crippen LogP contribution in [0.25, 0.3) is 0 Å². The van der Waals surface area contributed by atoms with E-state index in [1.807, 2.05) is 31.2 Å². The van der Waals surface area contributed by atoms with Gasteiger partial charge in [0, 0.05) is 11.3 Å². The Balaban J connectivity index is 2.52. The fourth-order valence-electron chi connectivity index (χ4n) is 2.43. The van der Waals surface area contributed by atoms with Crippen molar-refractivity contribution in [1.29, 1.82) is 0 Å². The van der Waals surface area contributed by atoms with Crippen LogP contribution in [0.15, 0.2) is 36.4 Å². The van der Waals surface area contributed by atoms with E-state index in [2.05, 4.69) is 19.1 Å². The lowest BCUT2D eigenvalue weighted by molar-refractivity contribution is 0.404. The number of nitrogens with two attached hydrogens (primary N) is 2. The van der Waals surface area contributed by atoms with Crippen molar-refractivity contribution in [3.8, 4) is 5.75 Å². The third-order valence-electron chi connectivity index (χ3n) is 3.26. The van der Waals surface area contributed by atoms with Gasteiger partial charge < -0.3 is 16.2 Å². The Kier molecular flexibility index (Phi) is 3.76. The molecule has 100 valence electrons. The zero-order chi connectivity index (χ0) is 14.0. The van der Waals surface area contributed by atoms with Crippen molar-refractivity contribution in [3.63, 3.8) is 0 Å². The smallest absolute Gasteiger partial charge is 0.126 e. The fraction of sp³-hybridized carbons (Fsp3) is 0.250. The van der Waals surface area contributed by atoms with E-state index in [1.54, 1.807) is 7.11 Å². The molecule has 0 heterocycles. The second kappa shape index (κ2) is 5.33. The molecule has 2 rings (SSSR count). The lowest BCUT2D eigenvalue weighted by Crippen LogP contribution is -2.14. The molecular formula is C16H20N2O. The Hall–Kier alpha value is -2.00. The zero-order valence-electron chi connectivity index (χ0n) is 11.6. The molecule has 1 atom stereocenters. The highest BCUT2D eigenvalue weighted by Crippen LogP contribution is 2.32. The van der Waals surface area contributed by atoms with Crippen LogP contribution in [0.5, 0.6) is 5.75 Å². The molecule has 0 bridgehead atoms. The number of benzene rings is 2. The Morgan fingerprint density at radius 2 is 1.84 bits per heavy atom. The van der Waals surface area contributed by atoms with Crippen molar-refractivity contribution in [3.05, 3.63) is 58.7 Å². The summed E-state index contributed by atoms with van der Waals surface area (Å²) < 4.78 is 5.49. The first-order valence-corrected chi connectivity index (χ1v) is 6.29. The van der Waals surface area contributed by atoms with Gasteiger partial charge >= 0.3 is 0 Å². The molecule has 2 aromatic rings. The second-order valence-corrected chi connectivity index (χ2v) is 4.85. The predicted molar refractivity (Wildman–Crippen MR) is 79.4 cm³/mol. The molecule has 0 saturated heterocycles. The SMILES string of the molecule is COc1c(C)cc(C)cc1C(N)c1cccc(N)c1. The average Bonchev–Trinajstić information content (AvgIpc) is 2.37. The molecule has 0 aliphatic heterocycles. The molecule has 3 heteroatoms. The molecule has 0 amide bonds. The maximum Gasteiger partial charge on any atom is 0.126 e. The molecule has 0 aliphatic carbocycles. The van der Waals surface area contributed by atoms with Gasteiger partial charge in [0.2, 0.25) is 0 Å². The van der Waals surface area contributed by atoms with Crippen molar-refractivity contribution >= 4 is 5.69 Å². The number of rotatable bonds is 3. The average molecular weight is 256 g/mol. The van der Waals surface area contributed by atoms with Crippen LogP contribution in [-0.2, 0) is 0 Å². The van der Waals surface area contributed by atoms with Crippen molar-refractivity contribution in [2.75, 3.05) is 12.8 Å². The standard InChI is InChI=1S/C16H20N2O/c1-10-7-11(2)16(19-3)14(8-10)15(18)12-5-4-6-13(17)9-12/h4-9,15H,17-18H2,1-3H3. The maximum absolute atomic E-state index is 6.36. The van der Waals surface area contributed by atoms with Crippen LogP contribution in [-0.4, -0.2) is 7.11 Å². The topological polar surface area (TPSA) is 61.3 Å². The van der Waals surface area contributed by atoms with E-state index in [4.69, 9.17) is 16.2 Å². The van der Waals surface area contributed by atoms with Gasteiger partial charge in [-0.15, -0.1) is 0 Å². The van der Waals surface area contributed by atoms with E-state index in [-0.39, 0.29) is 6.04 Å². The summed E-state index contributed by atoms with van der Waals surface area (Å²) in [5, 5.41) is 0. The lowest BCUT2D eigenvalue weighted by atomic mass is 9.95. The minimum Gasteiger partial charge on any atom is -0.496 e. The highest BCUT2D eigenvalue weighted by atomic mass is 16.5. The minimum atomic E-state index is -0.239. The first-order valence-electron chi connectivity index (χ1n) is 6.29. The Morgan fingerprint density at radius 3 is 2.47 bits per heavy atom. The van der Waals surface area contributed by atoms with Crippen LogP contribution in [0, 0.1) is 13.8 Å². The van der Waals surface area contributed by atoms with Crippen molar-refractivity contribution in [2.24, 2.45) is 5.73 Å². The number of hydrogen-bond acceptors (Lipinski definition) is 3. The Labute approximate surface area is 114 Å². The molecule has 4 N–H and O–H groups in total. The Bertz CT molecular complexity index is 593. The van der Waals surface area contributed by atoms with E-state index >= 15 is 0 Å². The Morgan fingerprint density at radius 1 is 1.11 bits per heavy atom. The van der Waals surface area contributed by atoms with Gasteiger partial charge in [-0.05, 0) is 37.1 Å². The summed E-state index contributed by atoms with van der Waals surface area (Å²) >= 11 is 0. The van der Waals surface area contributed by atoms with Crippen LogP contribution >= 0.6 is 0 Å². The third kappa shape index (κ3) is 2.71. The van der Waals surface area contributed by atoms with Gasteiger partial charge in [-0.2, -0.15) is 0 Å². The number of anilines is 1. The van der Waals surface area contributed by atoms with Gasteiger partial charge in [-0.25, -0.2) is 0 Å². The molecule has 0 aliphatic rings. The van der Waals surface area contributed by atoms with Crippen LogP contribution in [0.2, 0.25) is 0 Å². The fourth-order valence-corrected chi connectivity index (χ4v) is 2.43. The molecule has 3 nitrogen and oxygen atoms in total. The molecule has 0 radical (unpaired) electrons. The summed E-state index contributed by atoms with van der Waals surface area (Å²) in [7, 11) is 1.67. The van der Waals surface area contributed by atoms with Gasteiger partial charge in [0.1, 0.15) is 5.75 Å². The highest BCUT2D eigenvalue weighted by Gasteiger charge is 2.16. The molecule has 0 fully saturated rings. The number of hydrogen-bond donors (Lipinski definition) is 2. The molecular weight excluding hydrogens is 236 g/mol. The maximum atomic E-state index is 6.36. The lowest BCUT2D eigenvalue weighted by Gasteiger charge is -2.19. The molecule has 19 heavy (non-hydrogen) atoms. The van der Waals surface area contributed by atoms with E-state index in [0.29, 0.717) is 0 Å². The number of aryl methyl sites for hydroxylation is 2. The van der Waals surface area contributed by atoms with E-state index < -0.39 is 0 Å². The quantitative estimate of drug-likeness (QED) is 0.830. The molecule has 1 unspecified atom stereocenters. The highest BCUT2D eigenvalue weighted by molar-refractivity contribution is 5.50.